The second kappa shape index (κ2) is 5.12. The van der Waals surface area contributed by atoms with Crippen molar-refractivity contribution in [1.82, 2.24) is 30.5 Å². The van der Waals surface area contributed by atoms with Gasteiger partial charge in [-0.2, -0.15) is 5.10 Å². The van der Waals surface area contributed by atoms with Crippen molar-refractivity contribution in [3.63, 3.8) is 0 Å². The van der Waals surface area contributed by atoms with Gasteiger partial charge in [-0.3, -0.25) is 9.89 Å². The van der Waals surface area contributed by atoms with Gasteiger partial charge < -0.3 is 10.2 Å². The molecule has 0 unspecified atom stereocenters. The maximum absolute atomic E-state index is 12.3. The summed E-state index contributed by atoms with van der Waals surface area (Å²) < 4.78 is 0. The predicted octanol–water partition coefficient (Wildman–Crippen LogP) is 0.470. The standard InChI is InChI=1S/C13H17N7O/c1-20(2)10-7-14-9(6-15-10)11(21)18-13(4-3-5-13)12-16-8-17-19-12/h6-8H,3-5H2,1-2H3,(H,18,21)(H,16,17,19). The van der Waals surface area contributed by atoms with Crippen molar-refractivity contribution in [3.05, 3.63) is 30.2 Å². The molecule has 8 nitrogen and oxygen atoms in total. The fraction of sp³-hybridized carbons (Fsp3) is 0.462. The summed E-state index contributed by atoms with van der Waals surface area (Å²) in [6.45, 7) is 0. The van der Waals surface area contributed by atoms with Crippen LogP contribution in [0, 0.1) is 0 Å². The van der Waals surface area contributed by atoms with Crippen LogP contribution >= 0.6 is 0 Å². The molecule has 0 spiro atoms. The van der Waals surface area contributed by atoms with E-state index in [9.17, 15) is 4.79 Å². The number of aromatic nitrogens is 5. The van der Waals surface area contributed by atoms with Gasteiger partial charge in [0.1, 0.15) is 23.7 Å². The summed E-state index contributed by atoms with van der Waals surface area (Å²) in [6.07, 6.45) is 7.25. The van der Waals surface area contributed by atoms with Crippen LogP contribution in [-0.4, -0.2) is 45.2 Å². The molecule has 0 aromatic carbocycles. The topological polar surface area (TPSA) is 99.7 Å². The van der Waals surface area contributed by atoms with Gasteiger partial charge in [-0.25, -0.2) is 15.0 Å². The number of carbonyl (C=O) groups excluding carboxylic acids is 1. The van der Waals surface area contributed by atoms with Crippen molar-refractivity contribution >= 4 is 11.7 Å². The molecule has 0 aliphatic heterocycles. The molecule has 1 aliphatic carbocycles. The maximum atomic E-state index is 12.3. The van der Waals surface area contributed by atoms with E-state index in [2.05, 4.69) is 30.5 Å². The highest BCUT2D eigenvalue weighted by Crippen LogP contribution is 2.39. The van der Waals surface area contributed by atoms with Crippen molar-refractivity contribution in [3.8, 4) is 0 Å². The Bertz CT molecular complexity index is 616. The number of hydrogen-bond donors (Lipinski definition) is 2. The summed E-state index contributed by atoms with van der Waals surface area (Å²) in [5.74, 6) is 1.16. The highest BCUT2D eigenvalue weighted by molar-refractivity contribution is 5.92. The van der Waals surface area contributed by atoms with Gasteiger partial charge in [-0.15, -0.1) is 0 Å². The number of rotatable bonds is 4. The van der Waals surface area contributed by atoms with Gasteiger partial charge in [0.05, 0.1) is 17.9 Å². The van der Waals surface area contributed by atoms with E-state index >= 15 is 0 Å². The monoisotopic (exact) mass is 287 g/mol. The van der Waals surface area contributed by atoms with Crippen LogP contribution in [-0.2, 0) is 5.54 Å². The van der Waals surface area contributed by atoms with Crippen LogP contribution in [0.25, 0.3) is 0 Å². The Morgan fingerprint density at radius 3 is 2.57 bits per heavy atom. The fourth-order valence-corrected chi connectivity index (χ4v) is 2.34. The minimum atomic E-state index is -0.449. The molecule has 0 saturated heterocycles. The van der Waals surface area contributed by atoms with Crippen molar-refractivity contribution in [2.24, 2.45) is 0 Å². The van der Waals surface area contributed by atoms with Gasteiger partial charge in [0.2, 0.25) is 0 Å². The molecule has 2 aromatic heterocycles. The molecule has 2 aromatic rings. The smallest absolute Gasteiger partial charge is 0.272 e. The Labute approximate surface area is 122 Å². The summed E-state index contributed by atoms with van der Waals surface area (Å²) in [5, 5.41) is 9.71. The maximum Gasteiger partial charge on any atom is 0.272 e. The molecule has 0 bridgehead atoms. The molecule has 8 heteroatoms. The first-order valence-electron chi connectivity index (χ1n) is 6.78. The number of carbonyl (C=O) groups is 1. The molecule has 1 saturated carbocycles. The van der Waals surface area contributed by atoms with E-state index in [0.29, 0.717) is 17.3 Å². The Balaban J connectivity index is 1.76. The molecular weight excluding hydrogens is 270 g/mol. The van der Waals surface area contributed by atoms with E-state index in [1.807, 2.05) is 19.0 Å². The second-order valence-electron chi connectivity index (χ2n) is 5.38. The number of amides is 1. The molecule has 3 rings (SSSR count). The van der Waals surface area contributed by atoms with E-state index in [0.717, 1.165) is 19.3 Å². The molecule has 1 amide bonds. The summed E-state index contributed by atoms with van der Waals surface area (Å²) >= 11 is 0. The van der Waals surface area contributed by atoms with Crippen LogP contribution in [0.4, 0.5) is 5.82 Å². The second-order valence-corrected chi connectivity index (χ2v) is 5.38. The number of aromatic amines is 1. The van der Waals surface area contributed by atoms with Crippen molar-refractivity contribution in [2.75, 3.05) is 19.0 Å². The lowest BCUT2D eigenvalue weighted by Crippen LogP contribution is -2.51. The average molecular weight is 287 g/mol. The van der Waals surface area contributed by atoms with Crippen molar-refractivity contribution in [1.29, 1.82) is 0 Å². The highest BCUT2D eigenvalue weighted by Gasteiger charge is 2.43. The molecule has 1 aliphatic rings. The molecular formula is C13H17N7O. The number of H-pyrrole nitrogens is 1. The average Bonchev–Trinajstić information content (AvgIpc) is 2.97. The molecule has 2 heterocycles. The lowest BCUT2D eigenvalue weighted by molar-refractivity contribution is 0.0804. The molecule has 21 heavy (non-hydrogen) atoms. The SMILES string of the molecule is CN(C)c1cnc(C(=O)NC2(c3ncn[nH]3)CCC2)cn1. The first-order valence-corrected chi connectivity index (χ1v) is 6.78. The lowest BCUT2D eigenvalue weighted by atomic mass is 9.76. The van der Waals surface area contributed by atoms with Crippen molar-refractivity contribution < 1.29 is 4.79 Å². The summed E-state index contributed by atoms with van der Waals surface area (Å²) in [4.78, 5) is 26.7. The van der Waals surface area contributed by atoms with E-state index in [4.69, 9.17) is 0 Å². The predicted molar refractivity (Wildman–Crippen MR) is 75.7 cm³/mol. The third-order valence-electron chi connectivity index (χ3n) is 3.76. The Morgan fingerprint density at radius 1 is 1.29 bits per heavy atom. The van der Waals surface area contributed by atoms with Crippen LogP contribution < -0.4 is 10.2 Å². The van der Waals surface area contributed by atoms with Gasteiger partial charge in [-0.1, -0.05) is 0 Å². The third kappa shape index (κ3) is 2.44. The number of anilines is 1. The van der Waals surface area contributed by atoms with E-state index < -0.39 is 5.54 Å². The van der Waals surface area contributed by atoms with Crippen LogP contribution in [0.1, 0.15) is 35.6 Å². The minimum Gasteiger partial charge on any atom is -0.361 e. The number of hydrogen-bond acceptors (Lipinski definition) is 6. The van der Waals surface area contributed by atoms with Gasteiger partial charge in [-0.05, 0) is 19.3 Å². The zero-order valence-corrected chi connectivity index (χ0v) is 12.0. The zero-order chi connectivity index (χ0) is 14.9. The Kier molecular flexibility index (Phi) is 3.28. The summed E-state index contributed by atoms with van der Waals surface area (Å²) in [5.41, 5.74) is -0.151. The minimum absolute atomic E-state index is 0.246. The quantitative estimate of drug-likeness (QED) is 0.848. The highest BCUT2D eigenvalue weighted by atomic mass is 16.2. The van der Waals surface area contributed by atoms with E-state index in [-0.39, 0.29) is 5.91 Å². The number of nitrogens with one attached hydrogen (secondary N) is 2. The largest absolute Gasteiger partial charge is 0.361 e. The summed E-state index contributed by atoms with van der Waals surface area (Å²) in [6, 6.07) is 0. The first-order chi connectivity index (χ1) is 10.1. The number of nitrogens with zero attached hydrogens (tertiary/aromatic N) is 5. The molecule has 110 valence electrons. The van der Waals surface area contributed by atoms with Crippen LogP contribution in [0.2, 0.25) is 0 Å². The van der Waals surface area contributed by atoms with Crippen LogP contribution in [0.5, 0.6) is 0 Å². The van der Waals surface area contributed by atoms with Gasteiger partial charge in [0.15, 0.2) is 0 Å². The van der Waals surface area contributed by atoms with Gasteiger partial charge in [0, 0.05) is 14.1 Å². The van der Waals surface area contributed by atoms with Crippen molar-refractivity contribution in [2.45, 2.75) is 24.8 Å². The van der Waals surface area contributed by atoms with Crippen LogP contribution in [0.3, 0.4) is 0 Å². The first kappa shape index (κ1) is 13.5. The normalized spacial score (nSPS) is 16.1. The Morgan fingerprint density at radius 2 is 2.10 bits per heavy atom. The van der Waals surface area contributed by atoms with E-state index in [1.54, 1.807) is 6.20 Å². The van der Waals surface area contributed by atoms with E-state index in [1.165, 1.54) is 12.5 Å². The fourth-order valence-electron chi connectivity index (χ4n) is 2.34. The Hall–Kier alpha value is -2.51. The summed E-state index contributed by atoms with van der Waals surface area (Å²) in [7, 11) is 3.74. The van der Waals surface area contributed by atoms with Crippen LogP contribution in [0.15, 0.2) is 18.7 Å². The lowest BCUT2D eigenvalue weighted by Gasteiger charge is -2.40. The van der Waals surface area contributed by atoms with Gasteiger partial charge in [0.25, 0.3) is 5.91 Å². The molecule has 0 atom stereocenters. The van der Waals surface area contributed by atoms with Gasteiger partial charge >= 0.3 is 0 Å². The zero-order valence-electron chi connectivity index (χ0n) is 12.0. The molecule has 1 fully saturated rings. The molecule has 0 radical (unpaired) electrons. The third-order valence-corrected chi connectivity index (χ3v) is 3.76. The molecule has 2 N–H and O–H groups in total.